The molecule has 108 valence electrons. The third kappa shape index (κ3) is 5.00. The zero-order valence-electron chi connectivity index (χ0n) is 11.8. The zero-order chi connectivity index (χ0) is 14.1. The van der Waals surface area contributed by atoms with E-state index in [1.54, 1.807) is 0 Å². The van der Waals surface area contributed by atoms with Crippen LogP contribution in [0.2, 0.25) is 0 Å². The average molecular weight is 267 g/mol. The largest absolute Gasteiger partial charge is 0.396 e. The lowest BCUT2D eigenvalue weighted by molar-refractivity contribution is 0.283. The standard InChI is InChI=1S/C13H25N5O/c1-10(2)11-12(16-9-17-13(11)18-14)15-7-5-3-4-6-8-19/h9-10,19H,3-8,14H2,1-2H3,(H2,15,16,17,18). The number of nitrogen functional groups attached to an aromatic ring is 1. The molecule has 1 heterocycles. The van der Waals surface area contributed by atoms with Crippen molar-refractivity contribution < 1.29 is 5.11 Å². The molecule has 5 N–H and O–H groups in total. The first-order valence-electron chi connectivity index (χ1n) is 6.87. The summed E-state index contributed by atoms with van der Waals surface area (Å²) in [6, 6.07) is 0. The molecule has 0 saturated carbocycles. The van der Waals surface area contributed by atoms with Crippen LogP contribution < -0.4 is 16.6 Å². The van der Waals surface area contributed by atoms with E-state index in [4.69, 9.17) is 10.9 Å². The molecular weight excluding hydrogens is 242 g/mol. The van der Waals surface area contributed by atoms with Gasteiger partial charge in [0.25, 0.3) is 0 Å². The Morgan fingerprint density at radius 2 is 1.84 bits per heavy atom. The van der Waals surface area contributed by atoms with Gasteiger partial charge >= 0.3 is 0 Å². The van der Waals surface area contributed by atoms with E-state index in [1.807, 2.05) is 0 Å². The fourth-order valence-electron chi connectivity index (χ4n) is 2.00. The molecule has 0 spiro atoms. The van der Waals surface area contributed by atoms with Gasteiger partial charge in [0.2, 0.25) is 0 Å². The zero-order valence-corrected chi connectivity index (χ0v) is 11.8. The highest BCUT2D eigenvalue weighted by Crippen LogP contribution is 2.27. The van der Waals surface area contributed by atoms with Gasteiger partial charge in [-0.15, -0.1) is 0 Å². The minimum atomic E-state index is 0.280. The molecule has 0 unspecified atom stereocenters. The van der Waals surface area contributed by atoms with Crippen LogP contribution in [0.4, 0.5) is 11.6 Å². The highest BCUT2D eigenvalue weighted by atomic mass is 16.2. The summed E-state index contributed by atoms with van der Waals surface area (Å²) in [7, 11) is 0. The molecule has 0 amide bonds. The van der Waals surface area contributed by atoms with Crippen LogP contribution in [0.5, 0.6) is 0 Å². The molecule has 0 bridgehead atoms. The van der Waals surface area contributed by atoms with Crippen LogP contribution in [0.25, 0.3) is 0 Å². The van der Waals surface area contributed by atoms with E-state index in [1.165, 1.54) is 6.33 Å². The maximum Gasteiger partial charge on any atom is 0.148 e. The molecule has 0 saturated heterocycles. The summed E-state index contributed by atoms with van der Waals surface area (Å²) < 4.78 is 0. The minimum absolute atomic E-state index is 0.280. The molecule has 6 heteroatoms. The van der Waals surface area contributed by atoms with Crippen molar-refractivity contribution in [1.29, 1.82) is 0 Å². The number of nitrogens with two attached hydrogens (primary N) is 1. The van der Waals surface area contributed by atoms with Crippen molar-refractivity contribution in [3.8, 4) is 0 Å². The van der Waals surface area contributed by atoms with Gasteiger partial charge in [-0.25, -0.2) is 15.8 Å². The summed E-state index contributed by atoms with van der Waals surface area (Å²) in [5.41, 5.74) is 3.63. The normalized spacial score (nSPS) is 10.8. The molecule has 19 heavy (non-hydrogen) atoms. The van der Waals surface area contributed by atoms with E-state index in [-0.39, 0.29) is 6.61 Å². The Morgan fingerprint density at radius 1 is 1.16 bits per heavy atom. The lowest BCUT2D eigenvalue weighted by Gasteiger charge is -2.16. The van der Waals surface area contributed by atoms with Crippen LogP contribution in [0, 0.1) is 0 Å². The van der Waals surface area contributed by atoms with Gasteiger partial charge in [0.1, 0.15) is 18.0 Å². The van der Waals surface area contributed by atoms with Crippen LogP contribution in [0.15, 0.2) is 6.33 Å². The molecule has 1 aromatic heterocycles. The Labute approximate surface area is 114 Å². The fraction of sp³-hybridized carbons (Fsp3) is 0.692. The number of nitrogens with one attached hydrogen (secondary N) is 2. The molecule has 0 fully saturated rings. The highest BCUT2D eigenvalue weighted by Gasteiger charge is 2.13. The lowest BCUT2D eigenvalue weighted by atomic mass is 10.0. The third-order valence-electron chi connectivity index (χ3n) is 2.98. The van der Waals surface area contributed by atoms with Crippen molar-refractivity contribution in [2.75, 3.05) is 23.9 Å². The van der Waals surface area contributed by atoms with E-state index in [0.717, 1.165) is 43.6 Å². The van der Waals surface area contributed by atoms with E-state index in [9.17, 15) is 0 Å². The Kier molecular flexibility index (Phi) is 7.14. The van der Waals surface area contributed by atoms with Gasteiger partial charge in [-0.3, -0.25) is 0 Å². The molecule has 6 nitrogen and oxygen atoms in total. The van der Waals surface area contributed by atoms with Crippen LogP contribution in [-0.2, 0) is 0 Å². The summed E-state index contributed by atoms with van der Waals surface area (Å²) in [4.78, 5) is 8.42. The lowest BCUT2D eigenvalue weighted by Crippen LogP contribution is -2.15. The number of hydrazine groups is 1. The highest BCUT2D eigenvalue weighted by molar-refractivity contribution is 5.58. The molecule has 0 aliphatic carbocycles. The Balaban J connectivity index is 2.53. The number of aromatic nitrogens is 2. The van der Waals surface area contributed by atoms with Crippen LogP contribution in [0.3, 0.4) is 0 Å². The summed E-state index contributed by atoms with van der Waals surface area (Å²) in [6.45, 7) is 5.33. The maximum atomic E-state index is 8.70. The second kappa shape index (κ2) is 8.66. The SMILES string of the molecule is CC(C)c1c(NN)ncnc1NCCCCCCO. The smallest absolute Gasteiger partial charge is 0.148 e. The predicted molar refractivity (Wildman–Crippen MR) is 78.0 cm³/mol. The molecule has 1 rings (SSSR count). The van der Waals surface area contributed by atoms with Gasteiger partial charge in [0, 0.05) is 18.7 Å². The monoisotopic (exact) mass is 267 g/mol. The van der Waals surface area contributed by atoms with Gasteiger partial charge < -0.3 is 15.8 Å². The van der Waals surface area contributed by atoms with E-state index >= 15 is 0 Å². The predicted octanol–water partition coefficient (Wildman–Crippen LogP) is 1.85. The topological polar surface area (TPSA) is 96.1 Å². The van der Waals surface area contributed by atoms with Gasteiger partial charge in [-0.1, -0.05) is 26.7 Å². The van der Waals surface area contributed by atoms with E-state index in [2.05, 4.69) is 34.6 Å². The number of hydrogen-bond donors (Lipinski definition) is 4. The van der Waals surface area contributed by atoms with Crippen LogP contribution in [0.1, 0.15) is 51.0 Å². The average Bonchev–Trinajstić information content (AvgIpc) is 2.42. The van der Waals surface area contributed by atoms with Crippen molar-refractivity contribution in [2.24, 2.45) is 5.84 Å². The molecule has 0 radical (unpaired) electrons. The molecule has 0 aliphatic heterocycles. The van der Waals surface area contributed by atoms with E-state index in [0.29, 0.717) is 11.7 Å². The molecule has 0 aliphatic rings. The number of hydrogen-bond acceptors (Lipinski definition) is 6. The first-order chi connectivity index (χ1) is 9.20. The number of anilines is 2. The molecule has 0 atom stereocenters. The molecular formula is C13H25N5O. The van der Waals surface area contributed by atoms with Crippen molar-refractivity contribution in [2.45, 2.75) is 45.4 Å². The fourth-order valence-corrected chi connectivity index (χ4v) is 2.00. The van der Waals surface area contributed by atoms with E-state index < -0.39 is 0 Å². The second-order valence-corrected chi connectivity index (χ2v) is 4.85. The number of nitrogens with zero attached hydrogens (tertiary/aromatic N) is 2. The van der Waals surface area contributed by atoms with Crippen LogP contribution in [-0.4, -0.2) is 28.2 Å². The Bertz CT molecular complexity index is 370. The van der Waals surface area contributed by atoms with Crippen LogP contribution >= 0.6 is 0 Å². The van der Waals surface area contributed by atoms with Gasteiger partial charge in [0.15, 0.2) is 0 Å². The Morgan fingerprint density at radius 3 is 2.47 bits per heavy atom. The number of rotatable bonds is 9. The van der Waals surface area contributed by atoms with Crippen molar-refractivity contribution in [3.05, 3.63) is 11.9 Å². The molecule has 1 aromatic rings. The first kappa shape index (κ1) is 15.7. The minimum Gasteiger partial charge on any atom is -0.396 e. The maximum absolute atomic E-state index is 8.70. The second-order valence-electron chi connectivity index (χ2n) is 4.85. The summed E-state index contributed by atoms with van der Waals surface area (Å²) in [5.74, 6) is 7.29. The van der Waals surface area contributed by atoms with Gasteiger partial charge in [0.05, 0.1) is 0 Å². The Hall–Kier alpha value is -1.40. The summed E-state index contributed by atoms with van der Waals surface area (Å²) in [6.07, 6.45) is 5.63. The summed E-state index contributed by atoms with van der Waals surface area (Å²) in [5, 5.41) is 12.0. The number of unbranched alkanes of at least 4 members (excludes halogenated alkanes) is 3. The van der Waals surface area contributed by atoms with Crippen molar-refractivity contribution >= 4 is 11.6 Å². The summed E-state index contributed by atoms with van der Waals surface area (Å²) >= 11 is 0. The third-order valence-corrected chi connectivity index (χ3v) is 2.98. The molecule has 0 aromatic carbocycles. The number of aliphatic hydroxyl groups excluding tert-OH is 1. The van der Waals surface area contributed by atoms with Crippen molar-refractivity contribution in [1.82, 2.24) is 9.97 Å². The quantitative estimate of drug-likeness (QED) is 0.310. The first-order valence-corrected chi connectivity index (χ1v) is 6.87. The van der Waals surface area contributed by atoms with Gasteiger partial charge in [-0.2, -0.15) is 0 Å². The van der Waals surface area contributed by atoms with Gasteiger partial charge in [-0.05, 0) is 18.8 Å². The van der Waals surface area contributed by atoms with Crippen molar-refractivity contribution in [3.63, 3.8) is 0 Å². The number of aliphatic hydroxyl groups is 1.